The maximum absolute atomic E-state index is 13.5. The Kier molecular flexibility index (Phi) is 10.3. The normalized spacial score (nSPS) is 25.7. The summed E-state index contributed by atoms with van der Waals surface area (Å²) in [5.41, 5.74) is 1.26. The van der Waals surface area contributed by atoms with E-state index in [1.807, 2.05) is 0 Å². The molecule has 2 heterocycles. The molecule has 0 unspecified atom stereocenters. The first kappa shape index (κ1) is 30.2. The number of nitrogens with one attached hydrogen (secondary N) is 1. The van der Waals surface area contributed by atoms with E-state index in [1.165, 1.54) is 24.2 Å². The van der Waals surface area contributed by atoms with Crippen molar-refractivity contribution in [2.75, 3.05) is 53.4 Å². The third kappa shape index (κ3) is 7.71. The molecule has 1 aromatic rings. The van der Waals surface area contributed by atoms with Crippen molar-refractivity contribution in [2.45, 2.75) is 88.4 Å². The van der Waals surface area contributed by atoms with Gasteiger partial charge in [-0.05, 0) is 101 Å². The van der Waals surface area contributed by atoms with Gasteiger partial charge in [-0.25, -0.2) is 17.1 Å². The lowest BCUT2D eigenvalue weighted by Crippen LogP contribution is -2.47. The van der Waals surface area contributed by atoms with Crippen LogP contribution in [-0.2, 0) is 14.8 Å². The molecule has 1 aliphatic carbocycles. The summed E-state index contributed by atoms with van der Waals surface area (Å²) in [6.07, 6.45) is 6.65. The highest BCUT2D eigenvalue weighted by Crippen LogP contribution is 2.30. The van der Waals surface area contributed by atoms with Gasteiger partial charge in [-0.3, -0.25) is 4.79 Å². The molecule has 1 atom stereocenters. The molecule has 1 amide bonds. The second-order valence-electron chi connectivity index (χ2n) is 11.9. The van der Waals surface area contributed by atoms with E-state index in [2.05, 4.69) is 15.1 Å². The molecule has 1 aromatic carbocycles. The van der Waals surface area contributed by atoms with E-state index in [0.717, 1.165) is 51.9 Å². The van der Waals surface area contributed by atoms with Crippen molar-refractivity contribution in [1.82, 2.24) is 19.4 Å². The molecule has 2 saturated heterocycles. The molecule has 3 fully saturated rings. The number of carbonyl (C=O) groups is 1. The van der Waals surface area contributed by atoms with Crippen LogP contribution < -0.4 is 10.1 Å². The van der Waals surface area contributed by atoms with Crippen LogP contribution >= 0.6 is 0 Å². The minimum absolute atomic E-state index is 0.0954. The standard InChI is InChI=1S/C29H47FN4O4S/c1-21-17-27(38-4)18-22(2)29(21)39(36,37)32(3)13-12-28(35)31-25-5-7-26(8-6-25)34-15-9-23(10-16-34)19-33-14-11-24(30)20-33/h17-18,23-26H,5-16,19-20H2,1-4H3,(H,31,35)/t24-,25?,26?/m1/s1. The maximum atomic E-state index is 13.5. The van der Waals surface area contributed by atoms with Crippen LogP contribution in [0.25, 0.3) is 0 Å². The number of likely N-dealkylation sites (tertiary alicyclic amines) is 2. The van der Waals surface area contributed by atoms with E-state index >= 15 is 0 Å². The van der Waals surface area contributed by atoms with Crippen LogP contribution in [0.4, 0.5) is 4.39 Å². The van der Waals surface area contributed by atoms with Gasteiger partial charge in [-0.15, -0.1) is 0 Å². The van der Waals surface area contributed by atoms with Crippen molar-refractivity contribution in [1.29, 1.82) is 0 Å². The van der Waals surface area contributed by atoms with Crippen molar-refractivity contribution >= 4 is 15.9 Å². The first-order valence-corrected chi connectivity index (χ1v) is 16.0. The lowest BCUT2D eigenvalue weighted by molar-refractivity contribution is -0.122. The highest BCUT2D eigenvalue weighted by Gasteiger charge is 2.32. The van der Waals surface area contributed by atoms with Gasteiger partial charge in [0.05, 0.1) is 12.0 Å². The van der Waals surface area contributed by atoms with Crippen molar-refractivity contribution in [2.24, 2.45) is 5.92 Å². The summed E-state index contributed by atoms with van der Waals surface area (Å²) in [7, 11) is -0.625. The molecular formula is C29H47FN4O4S. The van der Waals surface area contributed by atoms with E-state index in [9.17, 15) is 17.6 Å². The van der Waals surface area contributed by atoms with E-state index in [-0.39, 0.29) is 29.8 Å². The molecule has 220 valence electrons. The van der Waals surface area contributed by atoms with Crippen LogP contribution in [0, 0.1) is 19.8 Å². The molecule has 1 saturated carbocycles. The van der Waals surface area contributed by atoms with Crippen LogP contribution in [-0.4, -0.2) is 100 Å². The summed E-state index contributed by atoms with van der Waals surface area (Å²) in [6, 6.07) is 4.17. The largest absolute Gasteiger partial charge is 0.497 e. The Hall–Kier alpha value is -1.75. The van der Waals surface area contributed by atoms with Crippen LogP contribution in [0.2, 0.25) is 0 Å². The SMILES string of the molecule is COc1cc(C)c(S(=O)(=O)N(C)CCC(=O)NC2CCC(N3CCC(CN4CC[C@@H](F)C4)CC3)CC2)c(C)c1. The number of sulfonamides is 1. The average Bonchev–Trinajstić information content (AvgIpc) is 3.31. The first-order chi connectivity index (χ1) is 18.6. The molecule has 4 rings (SSSR count). The minimum Gasteiger partial charge on any atom is -0.497 e. The highest BCUT2D eigenvalue weighted by molar-refractivity contribution is 7.89. The summed E-state index contributed by atoms with van der Waals surface area (Å²) in [6.45, 7) is 8.46. The average molecular weight is 567 g/mol. The molecule has 3 aliphatic rings. The second kappa shape index (κ2) is 13.3. The summed E-state index contributed by atoms with van der Waals surface area (Å²) >= 11 is 0. The van der Waals surface area contributed by atoms with Gasteiger partial charge < -0.3 is 19.9 Å². The van der Waals surface area contributed by atoms with E-state index in [4.69, 9.17) is 4.74 Å². The molecule has 0 spiro atoms. The molecule has 10 heteroatoms. The third-order valence-electron chi connectivity index (χ3n) is 8.95. The lowest BCUT2D eigenvalue weighted by Gasteiger charge is -2.41. The lowest BCUT2D eigenvalue weighted by atomic mass is 9.87. The fourth-order valence-electron chi connectivity index (χ4n) is 6.67. The van der Waals surface area contributed by atoms with Gasteiger partial charge in [0, 0.05) is 51.7 Å². The number of alkyl halides is 1. The van der Waals surface area contributed by atoms with Gasteiger partial charge in [0.1, 0.15) is 11.9 Å². The predicted octanol–water partition coefficient (Wildman–Crippen LogP) is 3.51. The smallest absolute Gasteiger partial charge is 0.243 e. The third-order valence-corrected chi connectivity index (χ3v) is 11.1. The van der Waals surface area contributed by atoms with Gasteiger partial charge in [-0.1, -0.05) is 0 Å². The number of amides is 1. The Morgan fingerprint density at radius 3 is 2.26 bits per heavy atom. The number of rotatable bonds is 10. The summed E-state index contributed by atoms with van der Waals surface area (Å²) in [4.78, 5) is 17.9. The number of halogens is 1. The summed E-state index contributed by atoms with van der Waals surface area (Å²) < 4.78 is 46.4. The Labute approximate surface area is 234 Å². The molecular weight excluding hydrogens is 519 g/mol. The van der Waals surface area contributed by atoms with Crippen LogP contribution in [0.3, 0.4) is 0 Å². The zero-order valence-corrected chi connectivity index (χ0v) is 24.9. The second-order valence-corrected chi connectivity index (χ2v) is 13.8. The van der Waals surface area contributed by atoms with Gasteiger partial charge in [-0.2, -0.15) is 0 Å². The van der Waals surface area contributed by atoms with E-state index in [0.29, 0.717) is 41.8 Å². The maximum Gasteiger partial charge on any atom is 0.243 e. The molecule has 2 aliphatic heterocycles. The molecule has 0 aromatic heterocycles. The topological polar surface area (TPSA) is 82.2 Å². The number of nitrogens with zero attached hydrogens (tertiary/aromatic N) is 3. The number of aryl methyl sites for hydroxylation is 2. The van der Waals surface area contributed by atoms with Crippen molar-refractivity contribution < 1.29 is 22.3 Å². The minimum atomic E-state index is -3.71. The fraction of sp³-hybridized carbons (Fsp3) is 0.759. The van der Waals surface area contributed by atoms with Crippen molar-refractivity contribution in [3.8, 4) is 5.75 Å². The van der Waals surface area contributed by atoms with E-state index < -0.39 is 16.2 Å². The number of hydrogen-bond donors (Lipinski definition) is 1. The molecule has 1 N–H and O–H groups in total. The van der Waals surface area contributed by atoms with Crippen molar-refractivity contribution in [3.63, 3.8) is 0 Å². The molecule has 0 radical (unpaired) electrons. The van der Waals surface area contributed by atoms with Crippen molar-refractivity contribution in [3.05, 3.63) is 23.3 Å². The van der Waals surface area contributed by atoms with E-state index in [1.54, 1.807) is 33.1 Å². The van der Waals surface area contributed by atoms with Crippen LogP contribution in [0.1, 0.15) is 62.5 Å². The fourth-order valence-corrected chi connectivity index (χ4v) is 8.25. The number of methoxy groups -OCH3 is 1. The van der Waals surface area contributed by atoms with Gasteiger partial charge in [0.15, 0.2) is 0 Å². The zero-order valence-electron chi connectivity index (χ0n) is 24.1. The molecule has 39 heavy (non-hydrogen) atoms. The Bertz CT molecular complexity index is 1060. The number of piperidine rings is 1. The predicted molar refractivity (Wildman–Crippen MR) is 151 cm³/mol. The molecule has 8 nitrogen and oxygen atoms in total. The number of carbonyl (C=O) groups excluding carboxylic acids is 1. The van der Waals surface area contributed by atoms with Crippen LogP contribution in [0.5, 0.6) is 5.75 Å². The highest BCUT2D eigenvalue weighted by atomic mass is 32.2. The first-order valence-electron chi connectivity index (χ1n) is 14.6. The Morgan fingerprint density at radius 1 is 1.05 bits per heavy atom. The quantitative estimate of drug-likeness (QED) is 0.467. The number of benzene rings is 1. The monoisotopic (exact) mass is 566 g/mol. The number of hydrogen-bond acceptors (Lipinski definition) is 6. The van der Waals surface area contributed by atoms with Crippen LogP contribution in [0.15, 0.2) is 17.0 Å². The van der Waals surface area contributed by atoms with Gasteiger partial charge >= 0.3 is 0 Å². The van der Waals surface area contributed by atoms with Gasteiger partial charge in [0.25, 0.3) is 0 Å². The van der Waals surface area contributed by atoms with Gasteiger partial charge in [0.2, 0.25) is 15.9 Å². The summed E-state index contributed by atoms with van der Waals surface area (Å²) in [5, 5.41) is 3.15. The Balaban J connectivity index is 1.17. The zero-order chi connectivity index (χ0) is 28.2. The Morgan fingerprint density at radius 2 is 1.69 bits per heavy atom. The molecule has 0 bridgehead atoms. The number of ether oxygens (including phenoxy) is 1. The summed E-state index contributed by atoms with van der Waals surface area (Å²) in [5.74, 6) is 1.21.